The Kier molecular flexibility index (Phi) is 2.52. The lowest BCUT2D eigenvalue weighted by atomic mass is 10.3. The summed E-state index contributed by atoms with van der Waals surface area (Å²) in [4.78, 5) is 11.0. The maximum absolute atomic E-state index is 11.2. The Hall–Kier alpha value is -2.06. The number of rotatable bonds is 3. The van der Waals surface area contributed by atoms with E-state index >= 15 is 0 Å². The van der Waals surface area contributed by atoms with Gasteiger partial charge in [0.2, 0.25) is 0 Å². The molecule has 2 aromatic rings. The molecule has 0 aliphatic heterocycles. The zero-order valence-electron chi connectivity index (χ0n) is 8.48. The van der Waals surface area contributed by atoms with Crippen molar-refractivity contribution < 1.29 is 18.3 Å². The summed E-state index contributed by atoms with van der Waals surface area (Å²) in [6.07, 6.45) is 4.22. The molecule has 2 N–H and O–H groups in total. The number of hydrogen-bond acceptors (Lipinski definition) is 4. The van der Waals surface area contributed by atoms with Gasteiger partial charge < -0.3 is 14.5 Å². The van der Waals surface area contributed by atoms with E-state index in [-0.39, 0.29) is 5.69 Å². The molecule has 7 nitrogen and oxygen atoms in total. The highest BCUT2D eigenvalue weighted by Gasteiger charge is 2.17. The van der Waals surface area contributed by atoms with E-state index in [4.69, 9.17) is 5.14 Å². The van der Waals surface area contributed by atoms with Gasteiger partial charge in [0.25, 0.3) is 0 Å². The van der Waals surface area contributed by atoms with Crippen LogP contribution in [0.3, 0.4) is 0 Å². The van der Waals surface area contributed by atoms with Crippen molar-refractivity contribution in [3.05, 3.63) is 42.5 Å². The van der Waals surface area contributed by atoms with Crippen LogP contribution in [0.2, 0.25) is 0 Å². The van der Waals surface area contributed by atoms with Crippen LogP contribution in [0, 0.1) is 0 Å². The lowest BCUT2D eigenvalue weighted by molar-refractivity contribution is -0.255. The van der Waals surface area contributed by atoms with E-state index in [1.807, 2.05) is 0 Å². The molecule has 0 aliphatic rings. The normalized spacial score (nSPS) is 11.6. The largest absolute Gasteiger partial charge is 0.543 e. The molecule has 0 aliphatic carbocycles. The highest BCUT2D eigenvalue weighted by molar-refractivity contribution is 7.87. The first-order valence-electron chi connectivity index (χ1n) is 4.50. The molecule has 0 fully saturated rings. The van der Waals surface area contributed by atoms with E-state index in [1.54, 1.807) is 24.5 Å². The second-order valence-corrected chi connectivity index (χ2v) is 4.69. The molecule has 0 saturated carbocycles. The van der Waals surface area contributed by atoms with E-state index < -0.39 is 21.9 Å². The Morgan fingerprint density at radius 3 is 2.29 bits per heavy atom. The molecule has 0 atom stereocenters. The molecule has 0 spiro atoms. The summed E-state index contributed by atoms with van der Waals surface area (Å²) in [6.45, 7) is 0. The van der Waals surface area contributed by atoms with E-state index in [0.29, 0.717) is 3.97 Å². The van der Waals surface area contributed by atoms with Gasteiger partial charge in [-0.2, -0.15) is 8.42 Å². The fourth-order valence-corrected chi connectivity index (χ4v) is 2.17. The highest BCUT2D eigenvalue weighted by atomic mass is 32.2. The fourth-order valence-electron chi connectivity index (χ4n) is 1.51. The molecular formula is C9H8N3O4S-. The quantitative estimate of drug-likeness (QED) is 0.733. The van der Waals surface area contributed by atoms with Crippen molar-refractivity contribution in [3.63, 3.8) is 0 Å². The molecule has 0 amide bonds. The first-order chi connectivity index (χ1) is 7.91. The lowest BCUT2D eigenvalue weighted by Crippen LogP contribution is -2.32. The van der Waals surface area contributed by atoms with Gasteiger partial charge in [0.15, 0.2) is 0 Å². The SMILES string of the molecule is NS(=O)(=O)n1ccc(-n2cccc2)c1C(=O)[O-]. The van der Waals surface area contributed by atoms with Crippen LogP contribution >= 0.6 is 0 Å². The Morgan fingerprint density at radius 2 is 1.82 bits per heavy atom. The van der Waals surface area contributed by atoms with Crippen molar-refractivity contribution in [2.75, 3.05) is 0 Å². The van der Waals surface area contributed by atoms with Crippen LogP contribution in [0.15, 0.2) is 36.8 Å². The van der Waals surface area contributed by atoms with Crippen molar-refractivity contribution in [2.24, 2.45) is 5.14 Å². The minimum Gasteiger partial charge on any atom is -0.543 e. The van der Waals surface area contributed by atoms with Crippen LogP contribution < -0.4 is 10.2 Å². The summed E-state index contributed by atoms with van der Waals surface area (Å²) in [6, 6.07) is 4.68. The van der Waals surface area contributed by atoms with Crippen LogP contribution in [0.1, 0.15) is 10.5 Å². The Bertz CT molecular complexity index is 654. The van der Waals surface area contributed by atoms with Crippen molar-refractivity contribution >= 4 is 16.2 Å². The maximum atomic E-state index is 11.2. The number of aromatic carboxylic acids is 1. The molecule has 90 valence electrons. The third kappa shape index (κ3) is 1.95. The van der Waals surface area contributed by atoms with Crippen molar-refractivity contribution in [1.82, 2.24) is 8.54 Å². The van der Waals surface area contributed by atoms with E-state index in [2.05, 4.69) is 0 Å². The molecule has 17 heavy (non-hydrogen) atoms. The second-order valence-electron chi connectivity index (χ2n) is 3.27. The van der Waals surface area contributed by atoms with E-state index in [9.17, 15) is 18.3 Å². The molecule has 0 saturated heterocycles. The number of carbonyl (C=O) groups is 1. The van der Waals surface area contributed by atoms with E-state index in [1.165, 1.54) is 10.6 Å². The Balaban J connectivity index is 2.72. The first-order valence-corrected chi connectivity index (χ1v) is 6.01. The number of carboxylic acid groups (broad SMARTS) is 1. The summed E-state index contributed by atoms with van der Waals surface area (Å²) in [5.74, 6) is -1.62. The van der Waals surface area contributed by atoms with Crippen LogP contribution in [-0.2, 0) is 10.2 Å². The molecule has 2 aromatic heterocycles. The number of hydrogen-bond donors (Lipinski definition) is 1. The van der Waals surface area contributed by atoms with Crippen LogP contribution in [0.25, 0.3) is 5.69 Å². The predicted octanol–water partition coefficient (Wildman–Crippen LogP) is -1.31. The van der Waals surface area contributed by atoms with Gasteiger partial charge in [-0.1, -0.05) is 0 Å². The number of nitrogens with two attached hydrogens (primary N) is 1. The third-order valence-corrected chi connectivity index (χ3v) is 3.03. The second kappa shape index (κ2) is 3.75. The molecule has 0 aromatic carbocycles. The zero-order valence-corrected chi connectivity index (χ0v) is 9.29. The molecule has 0 bridgehead atoms. The summed E-state index contributed by atoms with van der Waals surface area (Å²) in [7, 11) is -4.17. The van der Waals surface area contributed by atoms with E-state index in [0.717, 1.165) is 6.20 Å². The third-order valence-electron chi connectivity index (χ3n) is 2.18. The molecule has 8 heteroatoms. The molecule has 2 rings (SSSR count). The van der Waals surface area contributed by atoms with Gasteiger partial charge in [-0.05, 0) is 18.2 Å². The lowest BCUT2D eigenvalue weighted by Gasteiger charge is -2.10. The van der Waals surface area contributed by atoms with Gasteiger partial charge in [0.1, 0.15) is 5.69 Å². The van der Waals surface area contributed by atoms with Crippen molar-refractivity contribution in [1.29, 1.82) is 0 Å². The van der Waals surface area contributed by atoms with Gasteiger partial charge in [0, 0.05) is 18.6 Å². The average molecular weight is 254 g/mol. The Labute approximate surface area is 96.9 Å². The summed E-state index contributed by atoms with van der Waals surface area (Å²) in [5, 5.41) is 15.9. The maximum Gasteiger partial charge on any atom is 0.302 e. The minimum atomic E-state index is -4.17. The van der Waals surface area contributed by atoms with Gasteiger partial charge in [0.05, 0.1) is 11.7 Å². The predicted molar refractivity (Wildman–Crippen MR) is 56.6 cm³/mol. The molecule has 2 heterocycles. The summed E-state index contributed by atoms with van der Waals surface area (Å²) < 4.78 is 24.3. The van der Waals surface area contributed by atoms with Crippen LogP contribution in [0.4, 0.5) is 0 Å². The van der Waals surface area contributed by atoms with Gasteiger partial charge >= 0.3 is 10.2 Å². The highest BCUT2D eigenvalue weighted by Crippen LogP contribution is 2.17. The topological polar surface area (TPSA) is 110 Å². The average Bonchev–Trinajstić information content (AvgIpc) is 2.84. The fraction of sp³-hybridized carbons (Fsp3) is 0. The van der Waals surface area contributed by atoms with Crippen molar-refractivity contribution in [3.8, 4) is 5.69 Å². The van der Waals surface area contributed by atoms with Crippen LogP contribution in [-0.4, -0.2) is 22.9 Å². The van der Waals surface area contributed by atoms with Gasteiger partial charge in [-0.15, -0.1) is 0 Å². The number of carboxylic acids is 1. The number of nitrogens with zero attached hydrogens (tertiary/aromatic N) is 2. The zero-order chi connectivity index (χ0) is 12.6. The van der Waals surface area contributed by atoms with Crippen LogP contribution in [0.5, 0.6) is 0 Å². The molecular weight excluding hydrogens is 246 g/mol. The van der Waals surface area contributed by atoms with Gasteiger partial charge in [-0.3, -0.25) is 0 Å². The number of carbonyl (C=O) groups excluding carboxylic acids is 1. The molecule has 0 radical (unpaired) electrons. The van der Waals surface area contributed by atoms with Gasteiger partial charge in [-0.25, -0.2) is 9.11 Å². The monoisotopic (exact) mass is 254 g/mol. The first kappa shape index (κ1) is 11.4. The smallest absolute Gasteiger partial charge is 0.302 e. The molecule has 0 unspecified atom stereocenters. The Morgan fingerprint density at radius 1 is 1.24 bits per heavy atom. The van der Waals surface area contributed by atoms with Crippen molar-refractivity contribution in [2.45, 2.75) is 0 Å². The summed E-state index contributed by atoms with van der Waals surface area (Å²) >= 11 is 0. The number of aromatic nitrogens is 2. The standard InChI is InChI=1S/C9H9N3O4S/c10-17(15,16)12-6-3-7(8(12)9(13)14)11-4-1-2-5-11/h1-6H,(H,13,14)(H2,10,15,16)/p-1. The summed E-state index contributed by atoms with van der Waals surface area (Å²) in [5.41, 5.74) is -0.340. The minimum absolute atomic E-state index is 0.170.